The summed E-state index contributed by atoms with van der Waals surface area (Å²) in [6, 6.07) is 14.7. The van der Waals surface area contributed by atoms with Crippen LogP contribution in [0.25, 0.3) is 0 Å². The quantitative estimate of drug-likeness (QED) is 0.346. The molecule has 1 fully saturated rings. The first-order valence-electron chi connectivity index (χ1n) is 11.7. The largest absolute Gasteiger partial charge is 0.496 e. The first kappa shape index (κ1) is 28.2. The Labute approximate surface area is 226 Å². The third-order valence-electron chi connectivity index (χ3n) is 5.95. The number of anilines is 3. The normalized spacial score (nSPS) is 14.0. The fourth-order valence-corrected chi connectivity index (χ4v) is 5.90. The van der Waals surface area contributed by atoms with Crippen LogP contribution < -0.4 is 29.6 Å². The lowest BCUT2D eigenvalue weighted by Gasteiger charge is -2.30. The Morgan fingerprint density at radius 2 is 1.62 bits per heavy atom. The Hall–Kier alpha value is -3.85. The minimum Gasteiger partial charge on any atom is -0.496 e. The van der Waals surface area contributed by atoms with Gasteiger partial charge in [-0.15, -0.1) is 0 Å². The van der Waals surface area contributed by atoms with E-state index in [1.54, 1.807) is 36.4 Å². The number of para-hydroxylation sites is 2. The molecule has 4 N–H and O–H groups in total. The van der Waals surface area contributed by atoms with Gasteiger partial charge in [0.2, 0.25) is 10.0 Å². The maximum Gasteiger partial charge on any atom is 0.264 e. The summed E-state index contributed by atoms with van der Waals surface area (Å²) in [5.41, 5.74) is 0.720. The highest BCUT2D eigenvalue weighted by Gasteiger charge is 2.26. The molecule has 0 bridgehead atoms. The molecule has 0 unspecified atom stereocenters. The molecule has 208 valence electrons. The van der Waals surface area contributed by atoms with E-state index in [2.05, 4.69) is 10.0 Å². The molecule has 0 saturated carbocycles. The number of morpholine rings is 1. The van der Waals surface area contributed by atoms with Gasteiger partial charge in [0.15, 0.2) is 0 Å². The summed E-state index contributed by atoms with van der Waals surface area (Å²) < 4.78 is 69.4. The molecule has 0 atom stereocenters. The van der Waals surface area contributed by atoms with Crippen LogP contribution in [-0.2, 0) is 24.8 Å². The van der Waals surface area contributed by atoms with Crippen molar-refractivity contribution in [3.8, 4) is 11.5 Å². The van der Waals surface area contributed by atoms with Gasteiger partial charge in [0.1, 0.15) is 16.4 Å². The molecule has 0 aromatic heterocycles. The number of nitrogens with two attached hydrogens (primary N) is 1. The minimum atomic E-state index is -4.17. The first-order chi connectivity index (χ1) is 18.5. The molecule has 1 aliphatic rings. The minimum absolute atomic E-state index is 0.0849. The van der Waals surface area contributed by atoms with Gasteiger partial charge in [-0.3, -0.25) is 9.52 Å². The van der Waals surface area contributed by atoms with Crippen molar-refractivity contribution in [3.63, 3.8) is 0 Å². The van der Waals surface area contributed by atoms with Crippen molar-refractivity contribution in [2.45, 2.75) is 9.79 Å². The number of carbonyl (C=O) groups excluding carboxylic acids is 1. The highest BCUT2D eigenvalue weighted by Crippen LogP contribution is 2.33. The molecule has 4 rings (SSSR count). The molecule has 1 heterocycles. The van der Waals surface area contributed by atoms with Gasteiger partial charge in [-0.1, -0.05) is 12.1 Å². The van der Waals surface area contributed by atoms with E-state index >= 15 is 0 Å². The van der Waals surface area contributed by atoms with E-state index in [9.17, 15) is 21.6 Å². The van der Waals surface area contributed by atoms with Crippen molar-refractivity contribution in [1.29, 1.82) is 0 Å². The fraction of sp³-hybridized carbons (Fsp3) is 0.240. The van der Waals surface area contributed by atoms with Gasteiger partial charge >= 0.3 is 0 Å². The molecule has 1 amide bonds. The second-order valence-corrected chi connectivity index (χ2v) is 11.7. The number of hydrogen-bond donors (Lipinski definition) is 3. The van der Waals surface area contributed by atoms with Gasteiger partial charge in [-0.25, -0.2) is 22.0 Å². The van der Waals surface area contributed by atoms with Crippen LogP contribution >= 0.6 is 0 Å². The monoisotopic (exact) mass is 576 g/mol. The molecule has 0 spiro atoms. The highest BCUT2D eigenvalue weighted by molar-refractivity contribution is 7.93. The van der Waals surface area contributed by atoms with Crippen LogP contribution in [0.4, 0.5) is 17.1 Å². The van der Waals surface area contributed by atoms with E-state index in [1.807, 2.05) is 4.90 Å². The van der Waals surface area contributed by atoms with Crippen LogP contribution in [-0.4, -0.2) is 63.3 Å². The number of hydrogen-bond acceptors (Lipinski definition) is 9. The number of nitrogens with zero attached hydrogens (tertiary/aromatic N) is 1. The highest BCUT2D eigenvalue weighted by atomic mass is 32.2. The molecule has 0 aliphatic carbocycles. The third kappa shape index (κ3) is 6.42. The molecule has 39 heavy (non-hydrogen) atoms. The number of nitrogens with one attached hydrogen (secondary N) is 2. The summed E-state index contributed by atoms with van der Waals surface area (Å²) in [6.45, 7) is 1.80. The maximum atomic E-state index is 13.7. The number of ether oxygens (including phenoxy) is 3. The molecule has 1 aliphatic heterocycles. The van der Waals surface area contributed by atoms with E-state index < -0.39 is 26.0 Å². The number of rotatable bonds is 9. The summed E-state index contributed by atoms with van der Waals surface area (Å²) in [7, 11) is -5.50. The Bertz CT molecular complexity index is 1590. The second kappa shape index (κ2) is 11.5. The zero-order valence-corrected chi connectivity index (χ0v) is 22.8. The summed E-state index contributed by atoms with van der Waals surface area (Å²) >= 11 is 0. The van der Waals surface area contributed by atoms with Crippen molar-refractivity contribution in [1.82, 2.24) is 0 Å². The second-order valence-electron chi connectivity index (χ2n) is 8.45. The van der Waals surface area contributed by atoms with Crippen LogP contribution in [0, 0.1) is 0 Å². The molecular formula is C25H28N4O8S2. The van der Waals surface area contributed by atoms with Crippen molar-refractivity contribution in [3.05, 3.63) is 66.2 Å². The molecule has 12 nitrogen and oxygen atoms in total. The van der Waals surface area contributed by atoms with Crippen molar-refractivity contribution in [2.75, 3.05) is 55.5 Å². The number of sulfonamides is 2. The van der Waals surface area contributed by atoms with Crippen LogP contribution in [0.3, 0.4) is 0 Å². The zero-order chi connectivity index (χ0) is 28.2. The number of methoxy groups -OCH3 is 2. The van der Waals surface area contributed by atoms with E-state index in [0.29, 0.717) is 37.7 Å². The lowest BCUT2D eigenvalue weighted by atomic mass is 10.1. The van der Waals surface area contributed by atoms with Gasteiger partial charge in [0, 0.05) is 18.8 Å². The van der Waals surface area contributed by atoms with Crippen molar-refractivity contribution >= 4 is 43.0 Å². The van der Waals surface area contributed by atoms with Gasteiger partial charge in [0.05, 0.1) is 49.3 Å². The first-order valence-corrected chi connectivity index (χ1v) is 14.7. The SMILES string of the molecule is COc1ccccc1NS(=O)(=O)c1cc(NC(=O)c2cc(S(N)(=O)=O)ccc2OC)ccc1N1CCOCC1. The van der Waals surface area contributed by atoms with Crippen molar-refractivity contribution in [2.24, 2.45) is 5.14 Å². The predicted octanol–water partition coefficient (Wildman–Crippen LogP) is 2.24. The average molecular weight is 577 g/mol. The lowest BCUT2D eigenvalue weighted by molar-refractivity contribution is 0.102. The molecule has 14 heteroatoms. The van der Waals surface area contributed by atoms with Gasteiger partial charge in [-0.05, 0) is 48.5 Å². The van der Waals surface area contributed by atoms with E-state index in [1.165, 1.54) is 32.4 Å². The topological polar surface area (TPSA) is 166 Å². The van der Waals surface area contributed by atoms with Crippen molar-refractivity contribution < 1.29 is 35.8 Å². The Morgan fingerprint density at radius 1 is 0.923 bits per heavy atom. The van der Waals surface area contributed by atoms with Gasteiger partial charge in [-0.2, -0.15) is 0 Å². The van der Waals surface area contributed by atoms with Crippen LogP contribution in [0.5, 0.6) is 11.5 Å². The zero-order valence-electron chi connectivity index (χ0n) is 21.2. The standard InChI is InChI=1S/C25H28N4O8S2/c1-35-22-10-8-18(38(26,31)32)16-19(22)25(30)27-17-7-9-21(29-11-13-37-14-12-29)24(15-17)39(33,34)28-20-5-3-4-6-23(20)36-2/h3-10,15-16,28H,11-14H2,1-2H3,(H,27,30)(H2,26,31,32). The van der Waals surface area contributed by atoms with Crippen LogP contribution in [0.15, 0.2) is 70.5 Å². The maximum absolute atomic E-state index is 13.7. The molecule has 0 radical (unpaired) electrons. The van der Waals surface area contributed by atoms with Crippen LogP contribution in [0.2, 0.25) is 0 Å². The van der Waals surface area contributed by atoms with Gasteiger partial charge in [0.25, 0.3) is 15.9 Å². The third-order valence-corrected chi connectivity index (χ3v) is 8.26. The smallest absolute Gasteiger partial charge is 0.264 e. The number of benzene rings is 3. The Balaban J connectivity index is 1.74. The Morgan fingerprint density at radius 3 is 2.28 bits per heavy atom. The predicted molar refractivity (Wildman–Crippen MR) is 146 cm³/mol. The summed E-state index contributed by atoms with van der Waals surface area (Å²) in [5, 5.41) is 7.84. The van der Waals surface area contributed by atoms with E-state index in [-0.39, 0.29) is 32.5 Å². The van der Waals surface area contributed by atoms with Gasteiger partial charge < -0.3 is 24.4 Å². The van der Waals surface area contributed by atoms with Crippen LogP contribution in [0.1, 0.15) is 10.4 Å². The Kier molecular flexibility index (Phi) is 8.30. The molecule has 3 aromatic carbocycles. The summed E-state index contributed by atoms with van der Waals surface area (Å²) in [4.78, 5) is 14.7. The fourth-order valence-electron chi connectivity index (χ4n) is 4.04. The van der Waals surface area contributed by atoms with E-state index in [0.717, 1.165) is 6.07 Å². The number of amides is 1. The average Bonchev–Trinajstić information content (AvgIpc) is 2.92. The number of primary sulfonamides is 1. The lowest BCUT2D eigenvalue weighted by Crippen LogP contribution is -2.37. The molecular weight excluding hydrogens is 548 g/mol. The summed E-state index contributed by atoms with van der Waals surface area (Å²) in [5.74, 6) is -0.284. The molecule has 1 saturated heterocycles. The number of carbonyl (C=O) groups is 1. The van der Waals surface area contributed by atoms with E-state index in [4.69, 9.17) is 19.3 Å². The molecule has 3 aromatic rings. The summed E-state index contributed by atoms with van der Waals surface area (Å²) in [6.07, 6.45) is 0.